The Labute approximate surface area is 134 Å². The molecule has 3 nitrogen and oxygen atoms in total. The van der Waals surface area contributed by atoms with Crippen molar-refractivity contribution in [3.63, 3.8) is 0 Å². The quantitative estimate of drug-likeness (QED) is 0.824. The first-order valence-corrected chi connectivity index (χ1v) is 6.75. The number of carbonyl (C=O) groups is 1. The molecule has 2 aromatic rings. The van der Waals surface area contributed by atoms with Gasteiger partial charge in [0.15, 0.2) is 0 Å². The highest BCUT2D eigenvalue weighted by atomic mass is 19.4. The number of halogens is 5. The highest BCUT2D eigenvalue weighted by Crippen LogP contribution is 2.29. The van der Waals surface area contributed by atoms with Crippen LogP contribution >= 0.6 is 0 Å². The van der Waals surface area contributed by atoms with Gasteiger partial charge in [0.1, 0.15) is 5.75 Å². The Morgan fingerprint density at radius 2 is 1.75 bits per heavy atom. The van der Waals surface area contributed by atoms with Gasteiger partial charge in [-0.3, -0.25) is 4.79 Å². The van der Waals surface area contributed by atoms with E-state index < -0.39 is 24.3 Å². The molecule has 0 aromatic heterocycles. The van der Waals surface area contributed by atoms with Crippen LogP contribution in [0.25, 0.3) is 0 Å². The minimum absolute atomic E-state index is 0.00307. The van der Waals surface area contributed by atoms with Crippen LogP contribution in [0.15, 0.2) is 48.5 Å². The lowest BCUT2D eigenvalue weighted by atomic mass is 10.1. The minimum Gasteiger partial charge on any atom is -0.435 e. The summed E-state index contributed by atoms with van der Waals surface area (Å²) in [5.41, 5.74) is -0.217. The first kappa shape index (κ1) is 17.7. The van der Waals surface area contributed by atoms with Crippen LogP contribution in [-0.2, 0) is 12.7 Å². The van der Waals surface area contributed by atoms with Gasteiger partial charge in [-0.15, -0.1) is 0 Å². The fourth-order valence-electron chi connectivity index (χ4n) is 1.91. The SMILES string of the molecule is O=C(NCc1ccc(C(F)(F)F)cc1)c1cccc(OC(F)F)c1. The van der Waals surface area contributed by atoms with Gasteiger partial charge in [-0.25, -0.2) is 0 Å². The van der Waals surface area contributed by atoms with Gasteiger partial charge in [0.25, 0.3) is 5.91 Å². The van der Waals surface area contributed by atoms with Crippen molar-refractivity contribution in [2.24, 2.45) is 0 Å². The Morgan fingerprint density at radius 3 is 2.33 bits per heavy atom. The summed E-state index contributed by atoms with van der Waals surface area (Å²) in [4.78, 5) is 11.9. The molecule has 0 saturated carbocycles. The zero-order valence-electron chi connectivity index (χ0n) is 12.1. The number of hydrogen-bond donors (Lipinski definition) is 1. The number of rotatable bonds is 5. The molecule has 24 heavy (non-hydrogen) atoms. The number of alkyl halides is 5. The largest absolute Gasteiger partial charge is 0.435 e. The molecule has 0 aliphatic heterocycles. The van der Waals surface area contributed by atoms with Crippen molar-refractivity contribution in [3.05, 3.63) is 65.2 Å². The number of benzene rings is 2. The third-order valence-electron chi connectivity index (χ3n) is 3.06. The maximum absolute atomic E-state index is 12.4. The zero-order valence-corrected chi connectivity index (χ0v) is 12.1. The lowest BCUT2D eigenvalue weighted by Gasteiger charge is -2.09. The van der Waals surface area contributed by atoms with E-state index in [1.54, 1.807) is 0 Å². The zero-order chi connectivity index (χ0) is 17.7. The van der Waals surface area contributed by atoms with Crippen LogP contribution < -0.4 is 10.1 Å². The predicted octanol–water partition coefficient (Wildman–Crippen LogP) is 4.24. The molecule has 0 atom stereocenters. The summed E-state index contributed by atoms with van der Waals surface area (Å²) in [5, 5.41) is 2.49. The van der Waals surface area contributed by atoms with Crippen molar-refractivity contribution in [2.45, 2.75) is 19.3 Å². The summed E-state index contributed by atoms with van der Waals surface area (Å²) in [5.74, 6) is -0.721. The number of amides is 1. The van der Waals surface area contributed by atoms with Crippen molar-refractivity contribution in [2.75, 3.05) is 0 Å². The topological polar surface area (TPSA) is 38.3 Å². The van der Waals surface area contributed by atoms with E-state index in [1.165, 1.54) is 30.3 Å². The number of nitrogens with one attached hydrogen (secondary N) is 1. The molecular formula is C16H12F5NO2. The molecule has 0 fully saturated rings. The van der Waals surface area contributed by atoms with Gasteiger partial charge in [-0.1, -0.05) is 18.2 Å². The van der Waals surface area contributed by atoms with Crippen LogP contribution in [0.1, 0.15) is 21.5 Å². The Hall–Kier alpha value is -2.64. The van der Waals surface area contributed by atoms with Gasteiger partial charge < -0.3 is 10.1 Å². The third-order valence-corrected chi connectivity index (χ3v) is 3.06. The van der Waals surface area contributed by atoms with Gasteiger partial charge in [0, 0.05) is 12.1 Å². The van der Waals surface area contributed by atoms with Crippen molar-refractivity contribution >= 4 is 5.91 Å². The Morgan fingerprint density at radius 1 is 1.08 bits per heavy atom. The lowest BCUT2D eigenvalue weighted by molar-refractivity contribution is -0.137. The van der Waals surface area contributed by atoms with Crippen LogP contribution in [0.3, 0.4) is 0 Å². The standard InChI is InChI=1S/C16H12F5NO2/c17-15(18)24-13-3-1-2-11(8-13)14(23)22-9-10-4-6-12(7-5-10)16(19,20)21/h1-8,15H,9H2,(H,22,23). The van der Waals surface area contributed by atoms with Crippen molar-refractivity contribution in [1.29, 1.82) is 0 Å². The average Bonchev–Trinajstić information content (AvgIpc) is 2.52. The summed E-state index contributed by atoms with van der Waals surface area (Å²) in [6, 6.07) is 9.54. The number of ether oxygens (including phenoxy) is 1. The maximum atomic E-state index is 12.4. The van der Waals surface area contributed by atoms with Crippen LogP contribution in [0.2, 0.25) is 0 Å². The van der Waals surface area contributed by atoms with Gasteiger partial charge >= 0.3 is 12.8 Å². The Kier molecular flexibility index (Phi) is 5.38. The fourth-order valence-corrected chi connectivity index (χ4v) is 1.91. The minimum atomic E-state index is -4.42. The molecular weight excluding hydrogens is 333 g/mol. The molecule has 8 heteroatoms. The monoisotopic (exact) mass is 345 g/mol. The second kappa shape index (κ2) is 7.29. The predicted molar refractivity (Wildman–Crippen MR) is 75.7 cm³/mol. The second-order valence-corrected chi connectivity index (χ2v) is 4.78. The average molecular weight is 345 g/mol. The highest BCUT2D eigenvalue weighted by molar-refractivity contribution is 5.94. The van der Waals surface area contributed by atoms with E-state index >= 15 is 0 Å². The third kappa shape index (κ3) is 4.94. The van der Waals surface area contributed by atoms with Crippen LogP contribution in [-0.4, -0.2) is 12.5 Å². The van der Waals surface area contributed by atoms with E-state index in [-0.39, 0.29) is 17.9 Å². The number of carbonyl (C=O) groups excluding carboxylic acids is 1. The summed E-state index contributed by atoms with van der Waals surface area (Å²) < 4.78 is 65.8. The Bertz CT molecular complexity index is 698. The summed E-state index contributed by atoms with van der Waals surface area (Å²) in [6.07, 6.45) is -4.42. The van der Waals surface area contributed by atoms with Gasteiger partial charge in [-0.2, -0.15) is 22.0 Å². The van der Waals surface area contributed by atoms with Gasteiger partial charge in [-0.05, 0) is 35.9 Å². The van der Waals surface area contributed by atoms with E-state index in [1.807, 2.05) is 0 Å². The Balaban J connectivity index is 1.98. The van der Waals surface area contributed by atoms with Crippen LogP contribution in [0, 0.1) is 0 Å². The molecule has 0 bridgehead atoms. The molecule has 0 unspecified atom stereocenters. The fraction of sp³-hybridized carbons (Fsp3) is 0.188. The molecule has 0 saturated heterocycles. The van der Waals surface area contributed by atoms with E-state index in [4.69, 9.17) is 0 Å². The molecule has 0 radical (unpaired) electrons. The molecule has 1 amide bonds. The van der Waals surface area contributed by atoms with E-state index in [0.29, 0.717) is 5.56 Å². The first-order valence-electron chi connectivity index (χ1n) is 6.75. The van der Waals surface area contributed by atoms with Gasteiger partial charge in [0.2, 0.25) is 0 Å². The van der Waals surface area contributed by atoms with Crippen molar-refractivity contribution in [1.82, 2.24) is 5.32 Å². The van der Waals surface area contributed by atoms with Crippen LogP contribution in [0.5, 0.6) is 5.75 Å². The first-order chi connectivity index (χ1) is 11.3. The smallest absolute Gasteiger partial charge is 0.416 e. The summed E-state index contributed by atoms with van der Waals surface area (Å²) in [6.45, 7) is -3.01. The van der Waals surface area contributed by atoms with E-state index in [9.17, 15) is 26.7 Å². The van der Waals surface area contributed by atoms with Gasteiger partial charge in [0.05, 0.1) is 5.56 Å². The van der Waals surface area contributed by atoms with Crippen LogP contribution in [0.4, 0.5) is 22.0 Å². The number of hydrogen-bond acceptors (Lipinski definition) is 2. The molecule has 2 rings (SSSR count). The highest BCUT2D eigenvalue weighted by Gasteiger charge is 2.29. The van der Waals surface area contributed by atoms with Crippen molar-refractivity contribution in [3.8, 4) is 5.75 Å². The molecule has 128 valence electrons. The molecule has 2 aromatic carbocycles. The molecule has 1 N–H and O–H groups in total. The molecule has 0 heterocycles. The normalized spacial score (nSPS) is 11.4. The summed E-state index contributed by atoms with van der Waals surface area (Å²) >= 11 is 0. The van der Waals surface area contributed by atoms with Crippen molar-refractivity contribution < 1.29 is 31.5 Å². The van der Waals surface area contributed by atoms with E-state index in [0.717, 1.165) is 18.2 Å². The maximum Gasteiger partial charge on any atom is 0.416 e. The summed E-state index contributed by atoms with van der Waals surface area (Å²) in [7, 11) is 0. The van der Waals surface area contributed by atoms with E-state index in [2.05, 4.69) is 10.1 Å². The lowest BCUT2D eigenvalue weighted by Crippen LogP contribution is -2.22. The molecule has 0 spiro atoms. The molecule has 0 aliphatic rings. The second-order valence-electron chi connectivity index (χ2n) is 4.78. The molecule has 0 aliphatic carbocycles.